The molecule has 0 radical (unpaired) electrons. The molecule has 2 aromatic heterocycles. The quantitative estimate of drug-likeness (QED) is 0.481. The zero-order valence-electron chi connectivity index (χ0n) is 20.0. The van der Waals surface area contributed by atoms with Gasteiger partial charge in [-0.2, -0.15) is 0 Å². The lowest BCUT2D eigenvalue weighted by Gasteiger charge is -2.36. The molecular formula is C26H29ClN4O4. The van der Waals surface area contributed by atoms with E-state index in [1.165, 1.54) is 0 Å². The summed E-state index contributed by atoms with van der Waals surface area (Å²) < 4.78 is 11.8. The Morgan fingerprint density at radius 1 is 1.37 bits per heavy atom. The molecule has 35 heavy (non-hydrogen) atoms. The lowest BCUT2D eigenvalue weighted by Crippen LogP contribution is -2.51. The van der Waals surface area contributed by atoms with Gasteiger partial charge < -0.3 is 24.8 Å². The molecule has 0 spiro atoms. The van der Waals surface area contributed by atoms with E-state index in [1.807, 2.05) is 50.4 Å². The molecule has 8 nitrogen and oxygen atoms in total. The molecule has 4 rings (SSSR count). The van der Waals surface area contributed by atoms with E-state index >= 15 is 0 Å². The zero-order valence-corrected chi connectivity index (χ0v) is 20.7. The van der Waals surface area contributed by atoms with Crippen LogP contribution in [0.25, 0.3) is 10.9 Å². The number of aliphatic hydroxyl groups excluding tert-OH is 1. The normalized spacial score (nSPS) is 18.4. The van der Waals surface area contributed by atoms with E-state index in [2.05, 4.69) is 10.3 Å². The summed E-state index contributed by atoms with van der Waals surface area (Å²) in [6.45, 7) is 6.18. The molecule has 2 N–H and O–H groups in total. The number of amides is 1. The minimum atomic E-state index is -0.622. The number of para-hydroxylation sites is 1. The van der Waals surface area contributed by atoms with E-state index in [9.17, 15) is 9.90 Å². The number of ether oxygens (including phenoxy) is 2. The number of hydrogen-bond acceptors (Lipinski definition) is 7. The first-order valence-corrected chi connectivity index (χ1v) is 11.9. The summed E-state index contributed by atoms with van der Waals surface area (Å²) in [4.78, 5) is 23.3. The zero-order chi connectivity index (χ0) is 24.9. The van der Waals surface area contributed by atoms with Crippen molar-refractivity contribution in [2.75, 3.05) is 18.5 Å². The van der Waals surface area contributed by atoms with Crippen LogP contribution in [0.1, 0.15) is 30.7 Å². The lowest BCUT2D eigenvalue weighted by molar-refractivity contribution is -0.164. The van der Waals surface area contributed by atoms with E-state index in [4.69, 9.17) is 26.1 Å². The largest absolute Gasteiger partial charge is 0.487 e. The van der Waals surface area contributed by atoms with Gasteiger partial charge in [-0.3, -0.25) is 9.78 Å². The number of anilines is 1. The van der Waals surface area contributed by atoms with Crippen molar-refractivity contribution >= 4 is 34.1 Å². The molecule has 1 amide bonds. The summed E-state index contributed by atoms with van der Waals surface area (Å²) in [7, 11) is 0. The van der Waals surface area contributed by atoms with Crippen molar-refractivity contribution in [3.05, 3.63) is 70.8 Å². The molecule has 3 aromatic rings. The number of fused-ring (bicyclic) bond motifs is 1. The number of benzene rings is 1. The van der Waals surface area contributed by atoms with Crippen LogP contribution in [-0.4, -0.2) is 51.2 Å². The van der Waals surface area contributed by atoms with Gasteiger partial charge in [0.15, 0.2) is 0 Å². The molecule has 1 aliphatic rings. The van der Waals surface area contributed by atoms with Crippen molar-refractivity contribution in [3.63, 3.8) is 0 Å². The molecule has 2 unspecified atom stereocenters. The average Bonchev–Trinajstić information content (AvgIpc) is 2.84. The van der Waals surface area contributed by atoms with Gasteiger partial charge in [0, 0.05) is 47.8 Å². The van der Waals surface area contributed by atoms with Crippen LogP contribution in [0, 0.1) is 6.92 Å². The second-order valence-corrected chi connectivity index (χ2v) is 8.86. The number of nitrogens with zero attached hydrogens (tertiary/aromatic N) is 3. The predicted octanol–water partition coefficient (Wildman–Crippen LogP) is 4.22. The molecule has 1 aliphatic heterocycles. The maximum atomic E-state index is 12.7. The maximum Gasteiger partial charge on any atom is 0.251 e. The topological polar surface area (TPSA) is 96.8 Å². The van der Waals surface area contributed by atoms with Crippen LogP contribution < -0.4 is 10.1 Å². The number of carbonyl (C=O) groups is 1. The monoisotopic (exact) mass is 496 g/mol. The van der Waals surface area contributed by atoms with Crippen LogP contribution in [0.5, 0.6) is 5.75 Å². The van der Waals surface area contributed by atoms with Crippen LogP contribution in [-0.2, 0) is 22.7 Å². The molecular weight excluding hydrogens is 468 g/mol. The molecule has 3 heterocycles. The number of aromatic nitrogens is 2. The predicted molar refractivity (Wildman–Crippen MR) is 135 cm³/mol. The fraction of sp³-hybridized carbons (Fsp3) is 0.346. The van der Waals surface area contributed by atoms with Gasteiger partial charge in [-0.25, -0.2) is 4.98 Å². The van der Waals surface area contributed by atoms with E-state index in [0.29, 0.717) is 23.9 Å². The van der Waals surface area contributed by atoms with Gasteiger partial charge in [-0.1, -0.05) is 29.8 Å². The Labute approximate surface area is 209 Å². The van der Waals surface area contributed by atoms with E-state index in [-0.39, 0.29) is 19.1 Å². The Kier molecular flexibility index (Phi) is 7.85. The summed E-state index contributed by atoms with van der Waals surface area (Å²) in [6.07, 6.45) is 6.01. The van der Waals surface area contributed by atoms with Crippen molar-refractivity contribution in [1.29, 1.82) is 0 Å². The number of rotatable bonds is 8. The van der Waals surface area contributed by atoms with Gasteiger partial charge in [0.2, 0.25) is 0 Å². The number of allylic oxidation sites excluding steroid dienone is 1. The summed E-state index contributed by atoms with van der Waals surface area (Å²) in [5, 5.41) is 14.2. The molecule has 0 aliphatic carbocycles. The average molecular weight is 497 g/mol. The smallest absolute Gasteiger partial charge is 0.251 e. The van der Waals surface area contributed by atoms with Crippen molar-refractivity contribution in [2.45, 2.75) is 46.1 Å². The molecule has 0 saturated carbocycles. The third-order valence-electron chi connectivity index (χ3n) is 5.85. The van der Waals surface area contributed by atoms with Gasteiger partial charge in [0.1, 0.15) is 24.0 Å². The molecule has 2 atom stereocenters. The van der Waals surface area contributed by atoms with Crippen LogP contribution in [0.15, 0.2) is 48.9 Å². The minimum absolute atomic E-state index is 0.142. The molecule has 1 aromatic carbocycles. The summed E-state index contributed by atoms with van der Waals surface area (Å²) >= 11 is 6.52. The Balaban J connectivity index is 1.60. The van der Waals surface area contributed by atoms with Gasteiger partial charge >= 0.3 is 0 Å². The first kappa shape index (κ1) is 24.9. The van der Waals surface area contributed by atoms with Crippen molar-refractivity contribution in [3.8, 4) is 5.75 Å². The van der Waals surface area contributed by atoms with Crippen molar-refractivity contribution in [1.82, 2.24) is 14.9 Å². The first-order chi connectivity index (χ1) is 16.9. The van der Waals surface area contributed by atoms with Gasteiger partial charge in [0.05, 0.1) is 17.7 Å². The lowest BCUT2D eigenvalue weighted by atomic mass is 10.1. The fourth-order valence-electron chi connectivity index (χ4n) is 4.14. The Hall–Kier alpha value is -3.20. The number of pyridine rings is 2. The number of aryl methyl sites for hydroxylation is 1. The Morgan fingerprint density at radius 3 is 2.97 bits per heavy atom. The number of carbonyl (C=O) groups excluding carboxylic acids is 1. The van der Waals surface area contributed by atoms with Crippen LogP contribution >= 0.6 is 11.6 Å². The molecule has 9 heteroatoms. The minimum Gasteiger partial charge on any atom is -0.487 e. The van der Waals surface area contributed by atoms with E-state index in [0.717, 1.165) is 33.4 Å². The third kappa shape index (κ3) is 5.56. The third-order valence-corrected chi connectivity index (χ3v) is 6.17. The summed E-state index contributed by atoms with van der Waals surface area (Å²) in [5.74, 6) is 0.487. The highest BCUT2D eigenvalue weighted by atomic mass is 35.5. The van der Waals surface area contributed by atoms with Crippen LogP contribution in [0.2, 0.25) is 5.02 Å². The Morgan fingerprint density at radius 2 is 2.20 bits per heavy atom. The highest BCUT2D eigenvalue weighted by molar-refractivity contribution is 6.31. The SMILES string of the molecule is C/C=C\Nc1cc(C)nc2c(OCc3c(Cl)cncc3CN3CC(CO)OC(C)C3=O)cccc12. The second-order valence-electron chi connectivity index (χ2n) is 8.46. The molecule has 0 bridgehead atoms. The van der Waals surface area contributed by atoms with Gasteiger partial charge in [0.25, 0.3) is 5.91 Å². The number of halogens is 1. The molecule has 184 valence electrons. The molecule has 1 fully saturated rings. The van der Waals surface area contributed by atoms with Crippen molar-refractivity contribution in [2.24, 2.45) is 0 Å². The number of aliphatic hydroxyl groups is 1. The van der Waals surface area contributed by atoms with Crippen molar-refractivity contribution < 1.29 is 19.4 Å². The van der Waals surface area contributed by atoms with E-state index in [1.54, 1.807) is 24.2 Å². The van der Waals surface area contributed by atoms with E-state index < -0.39 is 12.2 Å². The van der Waals surface area contributed by atoms with Crippen LogP contribution in [0.4, 0.5) is 5.69 Å². The maximum absolute atomic E-state index is 12.7. The fourth-order valence-corrected chi connectivity index (χ4v) is 4.37. The van der Waals surface area contributed by atoms with Crippen LogP contribution in [0.3, 0.4) is 0 Å². The Bertz CT molecular complexity index is 1250. The summed E-state index contributed by atoms with van der Waals surface area (Å²) in [5.41, 5.74) is 4.07. The number of morpholine rings is 1. The first-order valence-electron chi connectivity index (χ1n) is 11.5. The standard InChI is InChI=1S/C26H29ClN4O4/c1-4-8-29-23-9-16(2)30-25-20(23)6-5-7-24(25)34-15-21-18(10-28-11-22(21)27)12-31-13-19(14-32)35-17(3)26(31)33/h4-11,17,19,32H,12-15H2,1-3H3,(H,29,30)/b8-4-. The number of nitrogens with one attached hydrogen (secondary N) is 1. The van der Waals surface area contributed by atoms with Gasteiger partial charge in [-0.05, 0) is 44.7 Å². The summed E-state index contributed by atoms with van der Waals surface area (Å²) in [6, 6.07) is 7.79. The van der Waals surface area contributed by atoms with Gasteiger partial charge in [-0.15, -0.1) is 0 Å². The second kappa shape index (κ2) is 11.0. The molecule has 1 saturated heterocycles. The highest BCUT2D eigenvalue weighted by Gasteiger charge is 2.32. The highest BCUT2D eigenvalue weighted by Crippen LogP contribution is 2.32. The number of hydrogen-bond donors (Lipinski definition) is 2.